The van der Waals surface area contributed by atoms with Crippen molar-refractivity contribution in [3.05, 3.63) is 58.6 Å². The molecule has 0 bridgehead atoms. The van der Waals surface area contributed by atoms with Crippen molar-refractivity contribution in [2.24, 2.45) is 0 Å². The summed E-state index contributed by atoms with van der Waals surface area (Å²) in [5.41, 5.74) is 3.33. The van der Waals surface area contributed by atoms with Gasteiger partial charge in [0.1, 0.15) is 11.4 Å². The number of nitrogens with one attached hydrogen (secondary N) is 1. The first-order valence-corrected chi connectivity index (χ1v) is 11.2. The van der Waals surface area contributed by atoms with E-state index in [0.29, 0.717) is 5.92 Å². The largest absolute Gasteiger partial charge is 0.496 e. The van der Waals surface area contributed by atoms with Crippen LogP contribution in [0.2, 0.25) is 0 Å². The van der Waals surface area contributed by atoms with Gasteiger partial charge in [-0.25, -0.2) is 9.78 Å². The Hall–Kier alpha value is -3.08. The van der Waals surface area contributed by atoms with Crippen molar-refractivity contribution in [2.45, 2.75) is 58.5 Å². The Bertz CT molecular complexity index is 1110. The molecule has 0 spiro atoms. The van der Waals surface area contributed by atoms with Crippen LogP contribution in [0.15, 0.2) is 42.5 Å². The third-order valence-electron chi connectivity index (χ3n) is 5.55. The average molecular weight is 435 g/mol. The summed E-state index contributed by atoms with van der Waals surface area (Å²) in [6.07, 6.45) is 7.24. The van der Waals surface area contributed by atoms with Crippen molar-refractivity contribution in [1.29, 1.82) is 0 Å². The smallest absolute Gasteiger partial charge is 0.407 e. The molecule has 1 fully saturated rings. The normalized spacial score (nSPS) is 15.3. The van der Waals surface area contributed by atoms with Gasteiger partial charge in [-0.05, 0) is 87.1 Å². The minimum absolute atomic E-state index is 0.281. The van der Waals surface area contributed by atoms with Gasteiger partial charge in [0.15, 0.2) is 0 Å². The number of benzene rings is 1. The molecule has 5 heteroatoms. The first-order valence-electron chi connectivity index (χ1n) is 11.2. The predicted octanol–water partition coefficient (Wildman–Crippen LogP) is 4.69. The number of alkyl carbamates (subject to hydrolysis) is 1. The van der Waals surface area contributed by atoms with E-state index in [0.717, 1.165) is 33.1 Å². The molecule has 0 atom stereocenters. The van der Waals surface area contributed by atoms with E-state index >= 15 is 0 Å². The fraction of sp³-hybridized carbons (Fsp3) is 0.407. The molecule has 32 heavy (non-hydrogen) atoms. The molecule has 5 nitrogen and oxygen atoms in total. The fourth-order valence-electron chi connectivity index (χ4n) is 3.65. The van der Waals surface area contributed by atoms with Crippen LogP contribution in [0.4, 0.5) is 4.79 Å². The van der Waals surface area contributed by atoms with Crippen LogP contribution in [0.25, 0.3) is 23.4 Å². The van der Waals surface area contributed by atoms with E-state index in [9.17, 15) is 4.79 Å². The molecule has 0 saturated heterocycles. The number of hydrogen-bond acceptors (Lipinski definition) is 4. The lowest BCUT2D eigenvalue weighted by Crippen LogP contribution is -2.34. The molecular formula is C27H34N2O3. The van der Waals surface area contributed by atoms with Crippen LogP contribution < -0.4 is 20.6 Å². The molecule has 1 saturated carbocycles. The first kappa shape index (κ1) is 23.6. The highest BCUT2D eigenvalue weighted by Crippen LogP contribution is 2.39. The molecule has 1 aliphatic rings. The third-order valence-corrected chi connectivity index (χ3v) is 5.55. The van der Waals surface area contributed by atoms with E-state index in [2.05, 4.69) is 30.1 Å². The van der Waals surface area contributed by atoms with Crippen molar-refractivity contribution in [3.63, 3.8) is 0 Å². The standard InChI is InChI=1S/C27H34N2O3/c1-7-19-12-14-23(22-13-11-21(16-25(22)31-6)20-9-8-10-20)29-24(19)15-18(2)17-28-26(30)32-27(3,4)5/h7,11-16,20H,2,8-10,17H2,1,3-6H3,(H,28,30)/b19-7-,24-15+. The molecule has 1 aromatic heterocycles. The number of rotatable bonds is 6. The van der Waals surface area contributed by atoms with Crippen molar-refractivity contribution < 1.29 is 14.3 Å². The molecule has 0 unspecified atom stereocenters. The second-order valence-corrected chi connectivity index (χ2v) is 9.21. The maximum atomic E-state index is 11.9. The molecule has 170 valence electrons. The summed E-state index contributed by atoms with van der Waals surface area (Å²) in [7, 11) is 1.70. The van der Waals surface area contributed by atoms with Crippen LogP contribution in [0.3, 0.4) is 0 Å². The van der Waals surface area contributed by atoms with Crippen LogP contribution in [-0.2, 0) is 4.74 Å². The summed E-state index contributed by atoms with van der Waals surface area (Å²) < 4.78 is 11.0. The monoisotopic (exact) mass is 434 g/mol. The van der Waals surface area contributed by atoms with Gasteiger partial charge in [-0.1, -0.05) is 31.2 Å². The molecule has 1 aromatic carbocycles. The van der Waals surface area contributed by atoms with Crippen molar-refractivity contribution >= 4 is 18.2 Å². The number of aromatic nitrogens is 1. The van der Waals surface area contributed by atoms with Crippen LogP contribution >= 0.6 is 0 Å². The molecule has 0 radical (unpaired) electrons. The Balaban J connectivity index is 1.86. The lowest BCUT2D eigenvalue weighted by atomic mass is 9.79. The van der Waals surface area contributed by atoms with E-state index in [1.54, 1.807) is 7.11 Å². The summed E-state index contributed by atoms with van der Waals surface area (Å²) in [6, 6.07) is 10.5. The summed E-state index contributed by atoms with van der Waals surface area (Å²) in [5, 5.41) is 4.53. The highest BCUT2D eigenvalue weighted by molar-refractivity contribution is 5.69. The van der Waals surface area contributed by atoms with Gasteiger partial charge < -0.3 is 14.8 Å². The summed E-state index contributed by atoms with van der Waals surface area (Å²) in [4.78, 5) is 16.8. The van der Waals surface area contributed by atoms with Gasteiger partial charge in [0.05, 0.1) is 18.2 Å². The molecular weight excluding hydrogens is 400 g/mol. The number of nitrogens with zero attached hydrogens (tertiary/aromatic N) is 1. The Morgan fingerprint density at radius 2 is 2.00 bits per heavy atom. The second kappa shape index (κ2) is 10.0. The number of amides is 1. The van der Waals surface area contributed by atoms with Gasteiger partial charge in [0.2, 0.25) is 0 Å². The van der Waals surface area contributed by atoms with Gasteiger partial charge in [-0.3, -0.25) is 0 Å². The van der Waals surface area contributed by atoms with Crippen molar-refractivity contribution in [2.75, 3.05) is 13.7 Å². The Kier molecular flexibility index (Phi) is 7.39. The molecule has 3 rings (SSSR count). The molecule has 1 N–H and O–H groups in total. The van der Waals surface area contributed by atoms with Gasteiger partial charge in [0.25, 0.3) is 0 Å². The third kappa shape index (κ3) is 6.00. The minimum atomic E-state index is -0.539. The van der Waals surface area contributed by atoms with Gasteiger partial charge in [-0.2, -0.15) is 0 Å². The molecule has 1 heterocycles. The number of methoxy groups -OCH3 is 1. The number of carbonyl (C=O) groups is 1. The zero-order valence-electron chi connectivity index (χ0n) is 19.8. The predicted molar refractivity (Wildman–Crippen MR) is 130 cm³/mol. The number of pyridine rings is 1. The lowest BCUT2D eigenvalue weighted by molar-refractivity contribution is 0.0533. The number of ether oxygens (including phenoxy) is 2. The molecule has 2 aromatic rings. The van der Waals surface area contributed by atoms with E-state index < -0.39 is 11.7 Å². The Morgan fingerprint density at radius 3 is 2.59 bits per heavy atom. The zero-order valence-corrected chi connectivity index (χ0v) is 19.8. The van der Waals surface area contributed by atoms with Crippen LogP contribution in [-0.4, -0.2) is 30.3 Å². The van der Waals surface area contributed by atoms with Crippen molar-refractivity contribution in [3.8, 4) is 17.0 Å². The summed E-state index contributed by atoms with van der Waals surface area (Å²) in [5.74, 6) is 1.49. The van der Waals surface area contributed by atoms with Gasteiger partial charge >= 0.3 is 6.09 Å². The molecule has 1 aliphatic carbocycles. The van der Waals surface area contributed by atoms with Gasteiger partial charge in [0, 0.05) is 12.1 Å². The van der Waals surface area contributed by atoms with Crippen LogP contribution in [0.1, 0.15) is 58.4 Å². The van der Waals surface area contributed by atoms with Crippen LogP contribution in [0.5, 0.6) is 5.75 Å². The zero-order chi connectivity index (χ0) is 23.3. The average Bonchev–Trinajstić information content (AvgIpc) is 2.69. The minimum Gasteiger partial charge on any atom is -0.496 e. The topological polar surface area (TPSA) is 60.5 Å². The Morgan fingerprint density at radius 1 is 1.25 bits per heavy atom. The first-order chi connectivity index (χ1) is 15.2. The van der Waals surface area contributed by atoms with E-state index in [1.165, 1.54) is 24.8 Å². The van der Waals surface area contributed by atoms with Gasteiger partial charge in [-0.15, -0.1) is 0 Å². The second-order valence-electron chi connectivity index (χ2n) is 9.21. The highest BCUT2D eigenvalue weighted by atomic mass is 16.6. The molecule has 1 amide bonds. The van der Waals surface area contributed by atoms with E-state index in [1.807, 2.05) is 52.0 Å². The van der Waals surface area contributed by atoms with Crippen molar-refractivity contribution in [1.82, 2.24) is 10.3 Å². The summed E-state index contributed by atoms with van der Waals surface area (Å²) >= 11 is 0. The van der Waals surface area contributed by atoms with E-state index in [4.69, 9.17) is 14.5 Å². The van der Waals surface area contributed by atoms with E-state index in [-0.39, 0.29) is 6.54 Å². The molecule has 0 aliphatic heterocycles. The number of hydrogen-bond donors (Lipinski definition) is 1. The number of carbonyl (C=O) groups excluding carboxylic acids is 1. The summed E-state index contributed by atoms with van der Waals surface area (Å²) in [6.45, 7) is 11.8. The lowest BCUT2D eigenvalue weighted by Gasteiger charge is -2.26. The quantitative estimate of drug-likeness (QED) is 0.717. The Labute approximate surface area is 190 Å². The highest BCUT2D eigenvalue weighted by Gasteiger charge is 2.21. The maximum absolute atomic E-state index is 11.9. The fourth-order valence-corrected chi connectivity index (χ4v) is 3.65. The van der Waals surface area contributed by atoms with Crippen LogP contribution in [0, 0.1) is 0 Å². The SMILES string of the molecule is C=C(/C=c1/nc(-c2ccc(C3CCC3)cc2OC)cc/c1=C/C)CNC(=O)OC(C)(C)C. The maximum Gasteiger partial charge on any atom is 0.407 e.